The molecule has 6 heteroatoms. The highest BCUT2D eigenvalue weighted by molar-refractivity contribution is 8.18. The molecule has 0 radical (unpaired) electrons. The zero-order valence-corrected chi connectivity index (χ0v) is 15.7. The topological polar surface area (TPSA) is 70.0 Å². The highest BCUT2D eigenvalue weighted by atomic mass is 32.2. The Morgan fingerprint density at radius 3 is 2.48 bits per heavy atom. The molecule has 1 fully saturated rings. The molecule has 3 rings (SSSR count). The molecule has 0 spiro atoms. The predicted molar refractivity (Wildman–Crippen MR) is 109 cm³/mol. The molecule has 5 nitrogen and oxygen atoms in total. The number of hydrogen-bond donors (Lipinski definition) is 1. The highest BCUT2D eigenvalue weighted by Gasteiger charge is 2.30. The van der Waals surface area contributed by atoms with Gasteiger partial charge in [-0.1, -0.05) is 48.5 Å². The number of carboxylic acids is 1. The van der Waals surface area contributed by atoms with Crippen molar-refractivity contribution in [3.63, 3.8) is 0 Å². The Bertz CT molecular complexity index is 978. The molecule has 1 amide bonds. The molecule has 1 aliphatic rings. The summed E-state index contributed by atoms with van der Waals surface area (Å²) in [5, 5.41) is 9.74. The maximum absolute atomic E-state index is 12.5. The molecule has 1 aliphatic heterocycles. The lowest BCUT2D eigenvalue weighted by molar-refractivity contribution is -0.121. The molecule has 2 aromatic carbocycles. The van der Waals surface area contributed by atoms with E-state index in [1.807, 2.05) is 49.4 Å². The minimum atomic E-state index is -1.05. The molecule has 1 heterocycles. The van der Waals surface area contributed by atoms with Gasteiger partial charge in [-0.2, -0.15) is 0 Å². The number of nitrogens with zero attached hydrogens (tertiary/aromatic N) is 2. The number of benzene rings is 2. The minimum absolute atomic E-state index is 0.101. The number of carbonyl (C=O) groups is 2. The number of para-hydroxylation sites is 1. The number of thioether (sulfide) groups is 1. The Balaban J connectivity index is 1.89. The van der Waals surface area contributed by atoms with E-state index in [-0.39, 0.29) is 11.5 Å². The first-order chi connectivity index (χ1) is 13.0. The quantitative estimate of drug-likeness (QED) is 0.792. The summed E-state index contributed by atoms with van der Waals surface area (Å²) in [7, 11) is 1.63. The van der Waals surface area contributed by atoms with Crippen molar-refractivity contribution in [1.29, 1.82) is 0 Å². The summed E-state index contributed by atoms with van der Waals surface area (Å²) in [6.45, 7) is 1.93. The number of amides is 1. The summed E-state index contributed by atoms with van der Waals surface area (Å²) in [6.07, 6.45) is 3.82. The van der Waals surface area contributed by atoms with Crippen LogP contribution in [0.1, 0.15) is 22.8 Å². The summed E-state index contributed by atoms with van der Waals surface area (Å²) in [5.41, 5.74) is 2.42. The van der Waals surface area contributed by atoms with Gasteiger partial charge in [0.1, 0.15) is 0 Å². The predicted octanol–water partition coefficient (Wildman–Crippen LogP) is 4.56. The molecule has 0 bridgehead atoms. The number of amidine groups is 1. The maximum Gasteiger partial charge on any atom is 0.337 e. The number of hydrogen-bond acceptors (Lipinski definition) is 4. The van der Waals surface area contributed by atoms with E-state index in [9.17, 15) is 14.7 Å². The maximum atomic E-state index is 12.5. The summed E-state index contributed by atoms with van der Waals surface area (Å²) < 4.78 is 0. The zero-order chi connectivity index (χ0) is 19.4. The second-order valence-corrected chi connectivity index (χ2v) is 7.00. The van der Waals surface area contributed by atoms with Crippen molar-refractivity contribution in [1.82, 2.24) is 4.90 Å². The van der Waals surface area contributed by atoms with Gasteiger partial charge in [-0.15, -0.1) is 0 Å². The van der Waals surface area contributed by atoms with Crippen LogP contribution in [0.25, 0.3) is 6.08 Å². The third-order valence-corrected chi connectivity index (χ3v) is 4.97. The van der Waals surface area contributed by atoms with Gasteiger partial charge < -0.3 is 5.11 Å². The van der Waals surface area contributed by atoms with E-state index < -0.39 is 5.97 Å². The standard InChI is InChI=1S/C21H18N2O3S/c1-14(12-15-8-4-3-5-9-15)13-18-19(24)23(2)21(27-18)22-17-11-7-6-10-16(17)20(25)26/h3-13H,1-2H3,(H,25,26)/b14-12+,18-13-,22-21?. The van der Waals surface area contributed by atoms with E-state index in [0.717, 1.165) is 11.1 Å². The van der Waals surface area contributed by atoms with Gasteiger partial charge >= 0.3 is 5.97 Å². The van der Waals surface area contributed by atoms with Crippen LogP contribution in [0.3, 0.4) is 0 Å². The Kier molecular flexibility index (Phi) is 5.57. The van der Waals surface area contributed by atoms with Crippen molar-refractivity contribution in [2.75, 3.05) is 7.05 Å². The molecule has 0 unspecified atom stereocenters. The molecule has 0 saturated carbocycles. The normalized spacial score (nSPS) is 17.8. The van der Waals surface area contributed by atoms with Crippen LogP contribution in [0, 0.1) is 0 Å². The van der Waals surface area contributed by atoms with Crippen molar-refractivity contribution >= 4 is 40.6 Å². The number of allylic oxidation sites excluding steroid dienone is 2. The monoisotopic (exact) mass is 378 g/mol. The number of likely N-dealkylation sites (N-methyl/N-ethyl adjacent to an activating group) is 1. The van der Waals surface area contributed by atoms with E-state index in [4.69, 9.17) is 0 Å². The van der Waals surface area contributed by atoms with Crippen LogP contribution >= 0.6 is 11.8 Å². The van der Waals surface area contributed by atoms with Gasteiger partial charge in [-0.05, 0) is 48.0 Å². The summed E-state index contributed by atoms with van der Waals surface area (Å²) in [4.78, 5) is 30.3. The summed E-state index contributed by atoms with van der Waals surface area (Å²) in [5.74, 6) is -1.21. The largest absolute Gasteiger partial charge is 0.478 e. The van der Waals surface area contributed by atoms with Crippen LogP contribution in [0.15, 0.2) is 76.1 Å². The van der Waals surface area contributed by atoms with E-state index >= 15 is 0 Å². The summed E-state index contributed by atoms with van der Waals surface area (Å²) in [6, 6.07) is 16.3. The summed E-state index contributed by atoms with van der Waals surface area (Å²) >= 11 is 1.23. The van der Waals surface area contributed by atoms with E-state index in [0.29, 0.717) is 15.8 Å². The van der Waals surface area contributed by atoms with Crippen molar-refractivity contribution in [2.45, 2.75) is 6.92 Å². The molecule has 1 saturated heterocycles. The first-order valence-corrected chi connectivity index (χ1v) is 9.09. The Morgan fingerprint density at radius 1 is 1.11 bits per heavy atom. The number of rotatable bonds is 4. The van der Waals surface area contributed by atoms with E-state index in [1.165, 1.54) is 22.7 Å². The molecular formula is C21H18N2O3S. The van der Waals surface area contributed by atoms with Gasteiger partial charge in [-0.25, -0.2) is 9.79 Å². The van der Waals surface area contributed by atoms with Gasteiger partial charge in [-0.3, -0.25) is 9.69 Å². The van der Waals surface area contributed by atoms with Crippen LogP contribution in [-0.2, 0) is 4.79 Å². The third-order valence-electron chi connectivity index (χ3n) is 3.91. The van der Waals surface area contributed by atoms with Crippen LogP contribution in [0.5, 0.6) is 0 Å². The lowest BCUT2D eigenvalue weighted by atomic mass is 10.1. The molecule has 0 aliphatic carbocycles. The van der Waals surface area contributed by atoms with Gasteiger partial charge in [0, 0.05) is 7.05 Å². The van der Waals surface area contributed by atoms with Crippen LogP contribution in [0.4, 0.5) is 5.69 Å². The lowest BCUT2D eigenvalue weighted by Crippen LogP contribution is -2.23. The van der Waals surface area contributed by atoms with Crippen molar-refractivity contribution in [3.05, 3.63) is 82.3 Å². The number of aromatic carboxylic acids is 1. The molecule has 0 aromatic heterocycles. The SMILES string of the molecule is CC(/C=C1\SC(=Nc2ccccc2C(=O)O)N(C)C1=O)=C\c1ccccc1. The van der Waals surface area contributed by atoms with Crippen molar-refractivity contribution < 1.29 is 14.7 Å². The number of carboxylic acid groups (broad SMARTS) is 1. The average Bonchev–Trinajstić information content (AvgIpc) is 2.90. The van der Waals surface area contributed by atoms with Crippen LogP contribution < -0.4 is 0 Å². The molecule has 1 N–H and O–H groups in total. The molecule has 0 atom stereocenters. The fourth-order valence-corrected chi connectivity index (χ4v) is 3.60. The zero-order valence-electron chi connectivity index (χ0n) is 14.9. The van der Waals surface area contributed by atoms with Gasteiger partial charge in [0.2, 0.25) is 0 Å². The first kappa shape index (κ1) is 18.7. The Labute approximate surface area is 161 Å². The highest BCUT2D eigenvalue weighted by Crippen LogP contribution is 2.33. The van der Waals surface area contributed by atoms with E-state index in [1.54, 1.807) is 25.2 Å². The fraction of sp³-hybridized carbons (Fsp3) is 0.0952. The first-order valence-electron chi connectivity index (χ1n) is 8.27. The van der Waals surface area contributed by atoms with Crippen molar-refractivity contribution in [3.8, 4) is 0 Å². The van der Waals surface area contributed by atoms with Crippen LogP contribution in [-0.4, -0.2) is 34.1 Å². The minimum Gasteiger partial charge on any atom is -0.478 e. The lowest BCUT2D eigenvalue weighted by Gasteiger charge is -2.08. The van der Waals surface area contributed by atoms with E-state index in [2.05, 4.69) is 4.99 Å². The molecular weight excluding hydrogens is 360 g/mol. The molecule has 136 valence electrons. The van der Waals surface area contributed by atoms with Gasteiger partial charge in [0.25, 0.3) is 5.91 Å². The Hall–Kier alpha value is -3.12. The van der Waals surface area contributed by atoms with Gasteiger partial charge in [0.05, 0.1) is 16.2 Å². The Morgan fingerprint density at radius 2 is 1.78 bits per heavy atom. The second kappa shape index (κ2) is 8.05. The smallest absolute Gasteiger partial charge is 0.337 e. The third kappa shape index (κ3) is 4.35. The molecule has 27 heavy (non-hydrogen) atoms. The second-order valence-electron chi connectivity index (χ2n) is 5.99. The average molecular weight is 378 g/mol. The van der Waals surface area contributed by atoms with Crippen LogP contribution in [0.2, 0.25) is 0 Å². The van der Waals surface area contributed by atoms with Gasteiger partial charge in [0.15, 0.2) is 5.17 Å². The number of aliphatic imine (C=N–C) groups is 1. The number of carbonyl (C=O) groups excluding carboxylic acids is 1. The fourth-order valence-electron chi connectivity index (χ4n) is 2.57. The molecule has 2 aromatic rings. The van der Waals surface area contributed by atoms with Crippen molar-refractivity contribution in [2.24, 2.45) is 4.99 Å².